The maximum absolute atomic E-state index is 12.1. The molecule has 0 heterocycles. The minimum atomic E-state index is -0.762. The van der Waals surface area contributed by atoms with Gasteiger partial charge in [-0.25, -0.2) is 4.79 Å². The molecule has 0 aromatic heterocycles. The summed E-state index contributed by atoms with van der Waals surface area (Å²) < 4.78 is 15.6. The predicted molar refractivity (Wildman–Crippen MR) is 105 cm³/mol. The standard InChI is InChI=1S/C20H22N2O7/c1-4-27-16-7-5-6-8-17(16)28-12-19(24)29-11-18(23)21-20-14(3)13(2)9-10-15(20)22(25)26/h5-10H,4,11-12H2,1-3H3,(H,21,23). The summed E-state index contributed by atoms with van der Waals surface area (Å²) >= 11 is 0. The summed E-state index contributed by atoms with van der Waals surface area (Å²) in [5, 5.41) is 13.6. The summed E-state index contributed by atoms with van der Waals surface area (Å²) in [6.45, 7) is 4.68. The fourth-order valence-electron chi connectivity index (χ4n) is 2.46. The van der Waals surface area contributed by atoms with Crippen LogP contribution in [0.2, 0.25) is 0 Å². The second-order valence-corrected chi connectivity index (χ2v) is 6.04. The summed E-state index contributed by atoms with van der Waals surface area (Å²) in [5.74, 6) is -0.587. The lowest BCUT2D eigenvalue weighted by Gasteiger charge is -2.12. The number of nitrogens with zero attached hydrogens (tertiary/aromatic N) is 1. The van der Waals surface area contributed by atoms with E-state index in [1.165, 1.54) is 6.07 Å². The normalized spacial score (nSPS) is 10.2. The zero-order valence-corrected chi connectivity index (χ0v) is 16.4. The van der Waals surface area contributed by atoms with Crippen LogP contribution < -0.4 is 14.8 Å². The molecule has 29 heavy (non-hydrogen) atoms. The summed E-state index contributed by atoms with van der Waals surface area (Å²) in [6.07, 6.45) is 0. The molecular weight excluding hydrogens is 380 g/mol. The first-order valence-electron chi connectivity index (χ1n) is 8.88. The number of hydrogen-bond acceptors (Lipinski definition) is 7. The van der Waals surface area contributed by atoms with E-state index in [1.54, 1.807) is 44.2 Å². The monoisotopic (exact) mass is 402 g/mol. The number of carbonyl (C=O) groups is 2. The fourth-order valence-corrected chi connectivity index (χ4v) is 2.46. The largest absolute Gasteiger partial charge is 0.490 e. The molecule has 1 amide bonds. The van der Waals surface area contributed by atoms with E-state index < -0.39 is 30.0 Å². The first-order chi connectivity index (χ1) is 13.8. The number of nitrogens with one attached hydrogen (secondary N) is 1. The molecule has 154 valence electrons. The van der Waals surface area contributed by atoms with Crippen molar-refractivity contribution in [3.8, 4) is 11.5 Å². The van der Waals surface area contributed by atoms with Crippen molar-refractivity contribution in [1.29, 1.82) is 0 Å². The van der Waals surface area contributed by atoms with Crippen molar-refractivity contribution in [1.82, 2.24) is 0 Å². The molecule has 9 nitrogen and oxygen atoms in total. The zero-order chi connectivity index (χ0) is 21.4. The van der Waals surface area contributed by atoms with E-state index >= 15 is 0 Å². The van der Waals surface area contributed by atoms with Crippen LogP contribution >= 0.6 is 0 Å². The third-order valence-corrected chi connectivity index (χ3v) is 4.03. The van der Waals surface area contributed by atoms with Crippen LogP contribution in [0.1, 0.15) is 18.1 Å². The Balaban J connectivity index is 1.91. The number of nitro benzene ring substituents is 1. The number of amides is 1. The van der Waals surface area contributed by atoms with Gasteiger partial charge < -0.3 is 19.5 Å². The van der Waals surface area contributed by atoms with Gasteiger partial charge in [0, 0.05) is 6.07 Å². The smallest absolute Gasteiger partial charge is 0.344 e. The van der Waals surface area contributed by atoms with Crippen LogP contribution in [0.25, 0.3) is 0 Å². The highest BCUT2D eigenvalue weighted by Gasteiger charge is 2.20. The van der Waals surface area contributed by atoms with Gasteiger partial charge in [-0.2, -0.15) is 0 Å². The molecule has 0 atom stereocenters. The van der Waals surface area contributed by atoms with Crippen molar-refractivity contribution >= 4 is 23.3 Å². The van der Waals surface area contributed by atoms with Gasteiger partial charge in [0.25, 0.3) is 11.6 Å². The van der Waals surface area contributed by atoms with Gasteiger partial charge in [-0.15, -0.1) is 0 Å². The number of hydrogen-bond donors (Lipinski definition) is 1. The predicted octanol–water partition coefficient (Wildman–Crippen LogP) is 3.17. The van der Waals surface area contributed by atoms with Crippen LogP contribution in [0.4, 0.5) is 11.4 Å². The van der Waals surface area contributed by atoms with Crippen LogP contribution in [0.5, 0.6) is 11.5 Å². The van der Waals surface area contributed by atoms with Crippen molar-refractivity contribution < 1.29 is 28.7 Å². The Hall–Kier alpha value is -3.62. The maximum atomic E-state index is 12.1. The van der Waals surface area contributed by atoms with Crippen LogP contribution in [-0.2, 0) is 14.3 Å². The number of ether oxygens (including phenoxy) is 3. The van der Waals surface area contributed by atoms with Crippen LogP contribution in [0.15, 0.2) is 36.4 Å². The van der Waals surface area contributed by atoms with Crippen LogP contribution in [0, 0.1) is 24.0 Å². The van der Waals surface area contributed by atoms with E-state index in [1.807, 2.05) is 6.92 Å². The van der Waals surface area contributed by atoms with Gasteiger partial charge in [-0.1, -0.05) is 18.2 Å². The molecule has 2 rings (SSSR count). The van der Waals surface area contributed by atoms with Crippen molar-refractivity contribution in [2.24, 2.45) is 0 Å². The van der Waals surface area contributed by atoms with Gasteiger partial charge in [0.15, 0.2) is 24.7 Å². The Morgan fingerprint density at radius 2 is 1.69 bits per heavy atom. The number of carbonyl (C=O) groups excluding carboxylic acids is 2. The minimum Gasteiger partial charge on any atom is -0.490 e. The second-order valence-electron chi connectivity index (χ2n) is 6.04. The number of aryl methyl sites for hydroxylation is 1. The van der Waals surface area contributed by atoms with Crippen LogP contribution in [0.3, 0.4) is 0 Å². The summed E-state index contributed by atoms with van der Waals surface area (Å²) in [6, 6.07) is 9.76. The third-order valence-electron chi connectivity index (χ3n) is 4.03. The van der Waals surface area contributed by atoms with E-state index in [0.717, 1.165) is 5.56 Å². The molecule has 0 bridgehead atoms. The number of nitro groups is 1. The van der Waals surface area contributed by atoms with E-state index in [2.05, 4.69) is 5.32 Å². The quantitative estimate of drug-likeness (QED) is 0.389. The Labute approximate surface area is 167 Å². The first-order valence-corrected chi connectivity index (χ1v) is 8.88. The van der Waals surface area contributed by atoms with Crippen molar-refractivity contribution in [3.63, 3.8) is 0 Å². The van der Waals surface area contributed by atoms with E-state index in [9.17, 15) is 19.7 Å². The van der Waals surface area contributed by atoms with Gasteiger partial charge in [0.05, 0.1) is 11.5 Å². The number of rotatable bonds is 9. The van der Waals surface area contributed by atoms with Crippen molar-refractivity contribution in [3.05, 3.63) is 57.6 Å². The summed E-state index contributed by atoms with van der Waals surface area (Å²) in [7, 11) is 0. The molecule has 0 radical (unpaired) electrons. The maximum Gasteiger partial charge on any atom is 0.344 e. The number of benzene rings is 2. The lowest BCUT2D eigenvalue weighted by Crippen LogP contribution is -2.24. The number of para-hydroxylation sites is 2. The van der Waals surface area contributed by atoms with Gasteiger partial charge in [0.1, 0.15) is 5.69 Å². The molecule has 0 fully saturated rings. The van der Waals surface area contributed by atoms with Crippen molar-refractivity contribution in [2.75, 3.05) is 25.1 Å². The van der Waals surface area contributed by atoms with Gasteiger partial charge in [0.2, 0.25) is 0 Å². The van der Waals surface area contributed by atoms with E-state index in [-0.39, 0.29) is 11.4 Å². The van der Waals surface area contributed by atoms with Crippen LogP contribution in [-0.4, -0.2) is 36.6 Å². The molecule has 0 aliphatic rings. The van der Waals surface area contributed by atoms with E-state index in [4.69, 9.17) is 14.2 Å². The average Bonchev–Trinajstić information content (AvgIpc) is 2.69. The number of anilines is 1. The molecule has 0 unspecified atom stereocenters. The first kappa shape index (κ1) is 21.7. The highest BCUT2D eigenvalue weighted by molar-refractivity contribution is 5.96. The Bertz CT molecular complexity index is 912. The minimum absolute atomic E-state index is 0.0814. The highest BCUT2D eigenvalue weighted by Crippen LogP contribution is 2.30. The average molecular weight is 402 g/mol. The zero-order valence-electron chi connectivity index (χ0n) is 16.4. The molecule has 9 heteroatoms. The molecule has 1 N–H and O–H groups in total. The lowest BCUT2D eigenvalue weighted by atomic mass is 10.1. The molecule has 2 aromatic rings. The highest BCUT2D eigenvalue weighted by atomic mass is 16.6. The van der Waals surface area contributed by atoms with E-state index in [0.29, 0.717) is 23.7 Å². The topological polar surface area (TPSA) is 117 Å². The Morgan fingerprint density at radius 3 is 2.31 bits per heavy atom. The molecule has 0 aliphatic carbocycles. The molecule has 0 saturated carbocycles. The number of esters is 1. The summed E-state index contributed by atoms with van der Waals surface area (Å²) in [4.78, 5) is 34.5. The molecule has 0 spiro atoms. The SMILES string of the molecule is CCOc1ccccc1OCC(=O)OCC(=O)Nc1c([N+](=O)[O-])ccc(C)c1C. The Morgan fingerprint density at radius 1 is 1.03 bits per heavy atom. The molecule has 0 saturated heterocycles. The second kappa shape index (κ2) is 10.1. The van der Waals surface area contributed by atoms with Gasteiger partial charge in [-0.05, 0) is 44.0 Å². The van der Waals surface area contributed by atoms with Gasteiger partial charge in [-0.3, -0.25) is 14.9 Å². The molecule has 2 aromatic carbocycles. The Kier molecular flexibility index (Phi) is 7.53. The molecular formula is C20H22N2O7. The lowest BCUT2D eigenvalue weighted by molar-refractivity contribution is -0.384. The summed E-state index contributed by atoms with van der Waals surface area (Å²) in [5.41, 5.74) is 1.19. The third kappa shape index (κ3) is 5.93. The fraction of sp³-hybridized carbons (Fsp3) is 0.300. The van der Waals surface area contributed by atoms with Crippen molar-refractivity contribution in [2.45, 2.75) is 20.8 Å². The van der Waals surface area contributed by atoms with Gasteiger partial charge >= 0.3 is 5.97 Å². The molecule has 0 aliphatic heterocycles.